The van der Waals surface area contributed by atoms with Gasteiger partial charge >= 0.3 is 17.9 Å². The van der Waals surface area contributed by atoms with Crippen molar-refractivity contribution in [3.05, 3.63) is 64.6 Å². The van der Waals surface area contributed by atoms with Crippen LogP contribution in [-0.2, 0) is 54.1 Å². The van der Waals surface area contributed by atoms with Crippen LogP contribution in [0.1, 0.15) is 187 Å². The summed E-state index contributed by atoms with van der Waals surface area (Å²) in [6.07, 6.45) is 26.1. The molecule has 4 saturated heterocycles. The number of ketones is 1. The number of hydrogen-bond donors (Lipinski definition) is 3. The van der Waals surface area contributed by atoms with Crippen LogP contribution in [-0.4, -0.2) is 143 Å². The summed E-state index contributed by atoms with van der Waals surface area (Å²) in [4.78, 5) is 78.0. The number of aryl methyl sites for hydroxylation is 1. The summed E-state index contributed by atoms with van der Waals surface area (Å²) in [5.41, 5.74) is 10.5. The van der Waals surface area contributed by atoms with Gasteiger partial charge in [-0.15, -0.1) is 0 Å². The van der Waals surface area contributed by atoms with E-state index >= 15 is 0 Å². The average molecular weight is 1170 g/mol. The number of Topliss-reactive ketones (excluding diaryl/α,β-unsaturated/α-hetero) is 1. The minimum atomic E-state index is -0.833. The number of morpholine rings is 2. The van der Waals surface area contributed by atoms with Gasteiger partial charge in [-0.2, -0.15) is 0 Å². The first-order valence-electron chi connectivity index (χ1n) is 32.2. The van der Waals surface area contributed by atoms with Gasteiger partial charge in [0.1, 0.15) is 5.69 Å². The van der Waals surface area contributed by atoms with E-state index in [0.29, 0.717) is 80.8 Å². The highest BCUT2D eigenvalue weighted by Gasteiger charge is 2.47. The zero-order valence-electron chi connectivity index (χ0n) is 50.8. The first kappa shape index (κ1) is 64.6. The van der Waals surface area contributed by atoms with E-state index in [-0.39, 0.29) is 43.0 Å². The molecular weight excluding hydrogens is 1070 g/mol. The number of carbonyl (C=O) groups excluding carboxylic acids is 4. The average Bonchev–Trinajstić information content (AvgIpc) is 1.36. The Bertz CT molecular complexity index is 2630. The van der Waals surface area contributed by atoms with Crippen LogP contribution in [0.15, 0.2) is 53.3 Å². The predicted octanol–water partition coefficient (Wildman–Crippen LogP) is 10.3. The number of hydrogen-bond acceptors (Lipinski definition) is 16. The molecule has 84 heavy (non-hydrogen) atoms. The Hall–Kier alpha value is -5.43. The van der Waals surface area contributed by atoms with E-state index < -0.39 is 17.7 Å². The normalized spacial score (nSPS) is 29.0. The summed E-state index contributed by atoms with van der Waals surface area (Å²) in [5, 5.41) is 11.2. The maximum atomic E-state index is 13.9. The third-order valence-electron chi connectivity index (χ3n) is 18.9. The SMILES string of the molecule is CC(=O)O.CCOC(=O)CCCC(=O)C(=O)OCC.CCOC(=O)CCCc1nc2ccccc2n(C2C[C@H]3COC[C@@H](C2)N3C2CC3CCCCC(C3)C2)c1=O.Nc1ccccc1NC1C[C@H]2COC[C@@H](C1)N2C1CC2CCCCC(C2)C1. The molecule has 18 nitrogen and oxygen atoms in total. The van der Waals surface area contributed by atoms with Crippen molar-refractivity contribution in [2.75, 3.05) is 57.3 Å². The number of carboxylic acids is 1. The Kier molecular flexibility index (Phi) is 24.9. The van der Waals surface area contributed by atoms with Gasteiger partial charge in [-0.1, -0.05) is 75.6 Å². The third-order valence-corrected chi connectivity index (χ3v) is 18.9. The lowest BCUT2D eigenvalue weighted by molar-refractivity contribution is -0.153. The van der Waals surface area contributed by atoms with Gasteiger partial charge in [0, 0.05) is 74.5 Å². The van der Waals surface area contributed by atoms with E-state index in [0.717, 1.165) is 98.3 Å². The van der Waals surface area contributed by atoms with Crippen molar-refractivity contribution in [2.45, 2.75) is 230 Å². The van der Waals surface area contributed by atoms with E-state index in [4.69, 9.17) is 34.8 Å². The molecule has 18 heteroatoms. The second kappa shape index (κ2) is 32.3. The van der Waals surface area contributed by atoms with E-state index in [1.54, 1.807) is 13.8 Å². The second-order valence-electron chi connectivity index (χ2n) is 25.1. The molecule has 5 heterocycles. The molecule has 8 aliphatic rings. The monoisotopic (exact) mass is 1170 g/mol. The smallest absolute Gasteiger partial charge is 0.374 e. The summed E-state index contributed by atoms with van der Waals surface area (Å²) in [6.45, 7) is 10.5. The molecule has 2 aromatic carbocycles. The number of aromatic nitrogens is 2. The van der Waals surface area contributed by atoms with Crippen LogP contribution in [0.3, 0.4) is 0 Å². The standard InChI is InChI=1S/C31H43N3O4.C23H35N3O.C10H16O5.C2H4O2/c1-2-38-30(35)13-7-11-28-31(36)34(29-12-6-5-10-27(29)32-28)24-17-25-19-37-20-26(18-24)33(25)23-15-21-8-3-4-9-22(14-21)16-23;24-22-7-3-4-8-23(22)25-18-12-20-14-27-15-21(13-18)26(20)19-10-16-5-1-2-6-17(9-16)11-19;1-3-14-9(12)7-5-6-8(11)10(13)15-4-2;1-2(3)4/h5-6,10,12,21-26H,2-4,7-9,11,13-20H2,1H3;3-4,7-8,16-21,25H,1-2,5-6,9-15,24H2;3-7H2,1-2H3;1H3,(H,3,4)/t21?,22?,23?,24?,25-,26+;16?,17?,18?,19?,20-,21+;;. The molecule has 0 amide bonds. The van der Waals surface area contributed by atoms with Gasteiger partial charge < -0.3 is 44.4 Å². The van der Waals surface area contributed by atoms with Gasteiger partial charge in [0.25, 0.3) is 11.5 Å². The first-order valence-corrected chi connectivity index (χ1v) is 32.2. The van der Waals surface area contributed by atoms with Crippen LogP contribution in [0.25, 0.3) is 11.0 Å². The lowest BCUT2D eigenvalue weighted by atomic mass is 9.75. The molecule has 6 unspecified atom stereocenters. The van der Waals surface area contributed by atoms with E-state index in [1.165, 1.54) is 103 Å². The van der Waals surface area contributed by atoms with Gasteiger partial charge in [-0.3, -0.25) is 33.8 Å². The molecule has 10 atom stereocenters. The number of nitrogen functional groups attached to an aromatic ring is 1. The van der Waals surface area contributed by atoms with Crippen LogP contribution >= 0.6 is 0 Å². The van der Waals surface area contributed by atoms with Gasteiger partial charge in [0.15, 0.2) is 0 Å². The van der Waals surface area contributed by atoms with Crippen molar-refractivity contribution in [3.63, 3.8) is 0 Å². The number of carboxylic acid groups (broad SMARTS) is 1. The summed E-state index contributed by atoms with van der Waals surface area (Å²) in [6, 6.07) is 20.2. The Morgan fingerprint density at radius 2 is 1.06 bits per heavy atom. The molecule has 0 radical (unpaired) electrons. The first-order chi connectivity index (χ1) is 40.7. The molecule has 8 fully saturated rings. The van der Waals surface area contributed by atoms with Crippen LogP contribution in [0.4, 0.5) is 11.4 Å². The van der Waals surface area contributed by atoms with Gasteiger partial charge in [-0.25, -0.2) is 9.78 Å². The van der Waals surface area contributed by atoms with Gasteiger partial charge in [-0.05, 0) is 152 Å². The van der Waals surface area contributed by atoms with Gasteiger partial charge in [0.2, 0.25) is 5.78 Å². The molecule has 8 bridgehead atoms. The maximum absolute atomic E-state index is 13.9. The number of carbonyl (C=O) groups is 5. The number of fused-ring (bicyclic) bond motifs is 9. The fourth-order valence-electron chi connectivity index (χ4n) is 15.8. The molecular formula is C66H98N6O12. The summed E-state index contributed by atoms with van der Waals surface area (Å²) in [5.74, 6) is 0.929. The molecule has 0 spiro atoms. The van der Waals surface area contributed by atoms with Crippen LogP contribution in [0.5, 0.6) is 0 Å². The Morgan fingerprint density at radius 1 is 0.595 bits per heavy atom. The molecule has 4 N–H and O–H groups in total. The Morgan fingerprint density at radius 3 is 1.56 bits per heavy atom. The molecule has 3 aromatic rings. The number of ether oxygens (including phenoxy) is 5. The summed E-state index contributed by atoms with van der Waals surface area (Å²) >= 11 is 0. The minimum absolute atomic E-state index is 0.00804. The topological polar surface area (TPSA) is 231 Å². The number of para-hydroxylation sites is 4. The number of nitrogens with zero attached hydrogens (tertiary/aromatic N) is 4. The summed E-state index contributed by atoms with van der Waals surface area (Å²) < 4.78 is 28.4. The van der Waals surface area contributed by atoms with E-state index in [1.807, 2.05) is 47.9 Å². The van der Waals surface area contributed by atoms with Crippen LogP contribution in [0, 0.1) is 23.7 Å². The molecule has 464 valence electrons. The number of rotatable bonds is 17. The molecule has 1 aromatic heterocycles. The number of aliphatic carboxylic acids is 1. The lowest BCUT2D eigenvalue weighted by Gasteiger charge is -2.54. The molecule has 4 aliphatic heterocycles. The third kappa shape index (κ3) is 18.1. The van der Waals surface area contributed by atoms with Crippen molar-refractivity contribution in [2.24, 2.45) is 23.7 Å². The highest BCUT2D eigenvalue weighted by molar-refractivity contribution is 6.33. The quantitative estimate of drug-likeness (QED) is 0.0494. The molecule has 11 rings (SSSR count). The van der Waals surface area contributed by atoms with Crippen molar-refractivity contribution >= 4 is 52.1 Å². The van der Waals surface area contributed by atoms with Crippen molar-refractivity contribution < 1.29 is 52.8 Å². The lowest BCUT2D eigenvalue weighted by Crippen LogP contribution is -2.63. The zero-order chi connectivity index (χ0) is 59.5. The van der Waals surface area contributed by atoms with Gasteiger partial charge in [0.05, 0.1) is 68.7 Å². The zero-order valence-corrected chi connectivity index (χ0v) is 50.8. The number of esters is 3. The number of benzene rings is 2. The van der Waals surface area contributed by atoms with Crippen molar-refractivity contribution in [1.82, 2.24) is 19.4 Å². The highest BCUT2D eigenvalue weighted by Crippen LogP contribution is 2.46. The van der Waals surface area contributed by atoms with Crippen LogP contribution in [0.2, 0.25) is 0 Å². The van der Waals surface area contributed by atoms with Crippen molar-refractivity contribution in [3.8, 4) is 0 Å². The molecule has 4 aliphatic carbocycles. The Labute approximate surface area is 498 Å². The Balaban J connectivity index is 0.000000174. The fourth-order valence-corrected chi connectivity index (χ4v) is 15.8. The number of nitrogens with one attached hydrogen (secondary N) is 1. The number of piperidine rings is 2. The fraction of sp³-hybridized carbons (Fsp3) is 0.712. The number of nitrogens with two attached hydrogens (primary N) is 1. The highest BCUT2D eigenvalue weighted by atomic mass is 16.5. The van der Waals surface area contributed by atoms with Crippen molar-refractivity contribution in [1.29, 1.82) is 0 Å². The predicted molar refractivity (Wildman–Crippen MR) is 323 cm³/mol. The minimum Gasteiger partial charge on any atom is -0.481 e. The van der Waals surface area contributed by atoms with Crippen LogP contribution < -0.4 is 16.6 Å². The maximum Gasteiger partial charge on any atom is 0.374 e. The van der Waals surface area contributed by atoms with E-state index in [9.17, 15) is 24.0 Å². The largest absolute Gasteiger partial charge is 0.481 e. The second-order valence-corrected chi connectivity index (χ2v) is 25.1. The number of anilines is 2. The summed E-state index contributed by atoms with van der Waals surface area (Å²) in [7, 11) is 0. The van der Waals surface area contributed by atoms with E-state index in [2.05, 4.69) is 36.7 Å². The molecule has 4 saturated carbocycles.